The maximum Gasteiger partial charge on any atom is 0.0136 e. The monoisotopic (exact) mass is 259 g/mol. The van der Waals surface area contributed by atoms with E-state index in [1.807, 2.05) is 0 Å². The topological polar surface area (TPSA) is 12.0 Å². The van der Waals surface area contributed by atoms with Crippen molar-refractivity contribution in [1.82, 2.24) is 5.32 Å². The molecule has 2 atom stereocenters. The third kappa shape index (κ3) is 3.60. The van der Waals surface area contributed by atoms with Crippen molar-refractivity contribution in [2.75, 3.05) is 6.54 Å². The van der Waals surface area contributed by atoms with Crippen molar-refractivity contribution in [3.05, 3.63) is 35.4 Å². The molecule has 0 heterocycles. The Morgan fingerprint density at radius 1 is 1.05 bits per heavy atom. The molecule has 0 spiro atoms. The van der Waals surface area contributed by atoms with Gasteiger partial charge in [-0.3, -0.25) is 0 Å². The van der Waals surface area contributed by atoms with Crippen molar-refractivity contribution in [3.63, 3.8) is 0 Å². The molecule has 0 saturated heterocycles. The van der Waals surface area contributed by atoms with Gasteiger partial charge in [0.15, 0.2) is 0 Å². The molecule has 1 aliphatic rings. The van der Waals surface area contributed by atoms with Gasteiger partial charge in [-0.25, -0.2) is 0 Å². The average molecular weight is 259 g/mol. The molecule has 2 unspecified atom stereocenters. The maximum atomic E-state index is 3.68. The van der Waals surface area contributed by atoms with E-state index in [2.05, 4.69) is 57.3 Å². The van der Waals surface area contributed by atoms with Gasteiger partial charge >= 0.3 is 0 Å². The van der Waals surface area contributed by atoms with Crippen molar-refractivity contribution >= 4 is 0 Å². The summed E-state index contributed by atoms with van der Waals surface area (Å²) < 4.78 is 0. The van der Waals surface area contributed by atoms with Crippen LogP contribution in [0.2, 0.25) is 0 Å². The molecule has 19 heavy (non-hydrogen) atoms. The summed E-state index contributed by atoms with van der Waals surface area (Å²) in [6.45, 7) is 10.1. The van der Waals surface area contributed by atoms with E-state index in [-0.39, 0.29) is 5.41 Å². The van der Waals surface area contributed by atoms with Gasteiger partial charge < -0.3 is 5.32 Å². The van der Waals surface area contributed by atoms with Crippen LogP contribution in [0.25, 0.3) is 0 Å². The largest absolute Gasteiger partial charge is 0.314 e. The van der Waals surface area contributed by atoms with Crippen LogP contribution < -0.4 is 5.32 Å². The van der Waals surface area contributed by atoms with E-state index in [4.69, 9.17) is 0 Å². The van der Waals surface area contributed by atoms with Crippen molar-refractivity contribution in [3.8, 4) is 0 Å². The van der Waals surface area contributed by atoms with Gasteiger partial charge in [0, 0.05) is 6.04 Å². The van der Waals surface area contributed by atoms with Crippen LogP contribution in [-0.2, 0) is 5.41 Å². The van der Waals surface area contributed by atoms with Crippen LogP contribution in [0.1, 0.15) is 70.4 Å². The smallest absolute Gasteiger partial charge is 0.0136 e. The second-order valence-corrected chi connectivity index (χ2v) is 6.93. The average Bonchev–Trinajstić information content (AvgIpc) is 2.39. The number of hydrogen-bond donors (Lipinski definition) is 1. The molecule has 106 valence electrons. The minimum absolute atomic E-state index is 0.256. The summed E-state index contributed by atoms with van der Waals surface area (Å²) in [6, 6.07) is 10.1. The van der Waals surface area contributed by atoms with Crippen LogP contribution in [0.4, 0.5) is 0 Å². The SMILES string of the molecule is CCNC1CCCCC1c1ccc(C(C)(C)C)cc1. The lowest BCUT2D eigenvalue weighted by Crippen LogP contribution is -2.37. The van der Waals surface area contributed by atoms with Gasteiger partial charge in [-0.15, -0.1) is 0 Å². The summed E-state index contributed by atoms with van der Waals surface area (Å²) in [6.07, 6.45) is 5.44. The Labute approximate surface area is 118 Å². The second kappa shape index (κ2) is 6.09. The molecule has 2 rings (SSSR count). The number of likely N-dealkylation sites (N-methyl/N-ethyl adjacent to an activating group) is 1. The van der Waals surface area contributed by atoms with E-state index in [9.17, 15) is 0 Å². The Morgan fingerprint density at radius 2 is 1.68 bits per heavy atom. The molecule has 1 aliphatic carbocycles. The van der Waals surface area contributed by atoms with Gasteiger partial charge in [0.1, 0.15) is 0 Å². The van der Waals surface area contributed by atoms with Crippen LogP contribution >= 0.6 is 0 Å². The number of nitrogens with one attached hydrogen (secondary N) is 1. The summed E-state index contributed by atoms with van der Waals surface area (Å²) in [4.78, 5) is 0. The fourth-order valence-electron chi connectivity index (χ4n) is 3.27. The third-order valence-electron chi connectivity index (χ3n) is 4.44. The van der Waals surface area contributed by atoms with E-state index >= 15 is 0 Å². The van der Waals surface area contributed by atoms with Gasteiger partial charge in [-0.2, -0.15) is 0 Å². The van der Waals surface area contributed by atoms with Gasteiger partial charge in [0.25, 0.3) is 0 Å². The molecule has 1 aromatic rings. The molecule has 0 aromatic heterocycles. The fourth-order valence-corrected chi connectivity index (χ4v) is 3.27. The van der Waals surface area contributed by atoms with Gasteiger partial charge in [0.2, 0.25) is 0 Å². The normalized spacial score (nSPS) is 24.4. The minimum Gasteiger partial charge on any atom is -0.314 e. The Bertz CT molecular complexity index is 383. The van der Waals surface area contributed by atoms with Crippen molar-refractivity contribution in [2.45, 2.75) is 70.8 Å². The highest BCUT2D eigenvalue weighted by Gasteiger charge is 2.25. The van der Waals surface area contributed by atoms with Crippen LogP contribution in [0.3, 0.4) is 0 Å². The molecule has 0 aliphatic heterocycles. The quantitative estimate of drug-likeness (QED) is 0.835. The van der Waals surface area contributed by atoms with Gasteiger partial charge in [0.05, 0.1) is 0 Å². The maximum absolute atomic E-state index is 3.68. The molecular formula is C18H29N. The molecular weight excluding hydrogens is 230 g/mol. The zero-order valence-corrected chi connectivity index (χ0v) is 13.0. The number of benzene rings is 1. The summed E-state index contributed by atoms with van der Waals surface area (Å²) in [5, 5.41) is 3.68. The molecule has 1 aromatic carbocycles. The first-order valence-electron chi connectivity index (χ1n) is 7.86. The lowest BCUT2D eigenvalue weighted by atomic mass is 9.78. The molecule has 0 amide bonds. The van der Waals surface area contributed by atoms with Crippen molar-refractivity contribution in [1.29, 1.82) is 0 Å². The van der Waals surface area contributed by atoms with E-state index < -0.39 is 0 Å². The van der Waals surface area contributed by atoms with Gasteiger partial charge in [-0.1, -0.05) is 64.8 Å². The molecule has 1 saturated carbocycles. The van der Waals surface area contributed by atoms with Crippen LogP contribution in [0.5, 0.6) is 0 Å². The second-order valence-electron chi connectivity index (χ2n) is 6.93. The Morgan fingerprint density at radius 3 is 2.26 bits per heavy atom. The highest BCUT2D eigenvalue weighted by Crippen LogP contribution is 2.34. The summed E-state index contributed by atoms with van der Waals surface area (Å²) >= 11 is 0. The highest BCUT2D eigenvalue weighted by molar-refractivity contribution is 5.30. The zero-order valence-electron chi connectivity index (χ0n) is 13.0. The lowest BCUT2D eigenvalue weighted by molar-refractivity contribution is 0.332. The zero-order chi connectivity index (χ0) is 13.9. The minimum atomic E-state index is 0.256. The molecule has 1 N–H and O–H groups in total. The Kier molecular flexibility index (Phi) is 4.67. The lowest BCUT2D eigenvalue weighted by Gasteiger charge is -2.33. The van der Waals surface area contributed by atoms with Gasteiger partial charge in [-0.05, 0) is 41.8 Å². The first kappa shape index (κ1) is 14.6. The third-order valence-corrected chi connectivity index (χ3v) is 4.44. The molecule has 1 heteroatoms. The highest BCUT2D eigenvalue weighted by atomic mass is 14.9. The van der Waals surface area contributed by atoms with E-state index in [1.54, 1.807) is 0 Å². The summed E-state index contributed by atoms with van der Waals surface area (Å²) in [5.41, 5.74) is 3.22. The van der Waals surface area contributed by atoms with Crippen molar-refractivity contribution in [2.24, 2.45) is 0 Å². The molecule has 1 nitrogen and oxygen atoms in total. The van der Waals surface area contributed by atoms with E-state index in [1.165, 1.54) is 36.8 Å². The predicted octanol–water partition coefficient (Wildman–Crippen LogP) is 4.62. The van der Waals surface area contributed by atoms with E-state index in [0.29, 0.717) is 12.0 Å². The molecule has 0 bridgehead atoms. The predicted molar refractivity (Wildman–Crippen MR) is 83.8 cm³/mol. The van der Waals surface area contributed by atoms with Crippen molar-refractivity contribution < 1.29 is 0 Å². The van der Waals surface area contributed by atoms with Crippen LogP contribution in [0.15, 0.2) is 24.3 Å². The number of hydrogen-bond acceptors (Lipinski definition) is 1. The molecule has 1 fully saturated rings. The fraction of sp³-hybridized carbons (Fsp3) is 0.667. The molecule has 0 radical (unpaired) electrons. The Balaban J connectivity index is 2.15. The van der Waals surface area contributed by atoms with Crippen LogP contribution in [-0.4, -0.2) is 12.6 Å². The van der Waals surface area contributed by atoms with Crippen LogP contribution in [0, 0.1) is 0 Å². The summed E-state index contributed by atoms with van der Waals surface area (Å²) in [7, 11) is 0. The standard InChI is InChI=1S/C18H29N/c1-5-19-17-9-7-6-8-16(17)14-10-12-15(13-11-14)18(2,3)4/h10-13,16-17,19H,5-9H2,1-4H3. The Hall–Kier alpha value is -0.820. The number of rotatable bonds is 3. The van der Waals surface area contributed by atoms with E-state index in [0.717, 1.165) is 6.54 Å². The first-order valence-corrected chi connectivity index (χ1v) is 7.86. The summed E-state index contributed by atoms with van der Waals surface area (Å²) in [5.74, 6) is 0.711. The first-order chi connectivity index (χ1) is 9.02.